The maximum Gasteiger partial charge on any atom is 0.209 e. The molecule has 0 spiro atoms. The van der Waals surface area contributed by atoms with E-state index in [0.29, 0.717) is 5.56 Å². The average Bonchev–Trinajstić information content (AvgIpc) is 2.75. The van der Waals surface area contributed by atoms with Crippen molar-refractivity contribution in [2.75, 3.05) is 0 Å². The molecule has 0 unspecified atom stereocenters. The molecule has 0 bridgehead atoms. The van der Waals surface area contributed by atoms with Gasteiger partial charge in [-0.15, -0.1) is 11.3 Å². The molecular formula is C9H7ClN2O2S2. The quantitative estimate of drug-likeness (QED) is 0.805. The second kappa shape index (κ2) is 4.48. The number of rotatable bonds is 3. The average molecular weight is 275 g/mol. The smallest absolute Gasteiger partial charge is 0.209 e. The first-order valence-corrected chi connectivity index (χ1v) is 7.22. The maximum atomic E-state index is 11.9. The molecule has 0 N–H and O–H groups in total. The third kappa shape index (κ3) is 2.40. The molecule has 2 aromatic rings. The van der Waals surface area contributed by atoms with E-state index in [2.05, 4.69) is 9.97 Å². The minimum absolute atomic E-state index is 0.104. The van der Waals surface area contributed by atoms with E-state index in [0.717, 1.165) is 11.3 Å². The van der Waals surface area contributed by atoms with Crippen molar-refractivity contribution >= 4 is 32.8 Å². The van der Waals surface area contributed by atoms with E-state index in [1.54, 1.807) is 17.5 Å². The normalized spacial score (nSPS) is 11.6. The Bertz CT molecular complexity index is 581. The second-order valence-electron chi connectivity index (χ2n) is 3.01. The van der Waals surface area contributed by atoms with E-state index < -0.39 is 9.84 Å². The molecule has 0 radical (unpaired) electrons. The monoisotopic (exact) mass is 274 g/mol. The maximum absolute atomic E-state index is 11.9. The Balaban J connectivity index is 2.33. The summed E-state index contributed by atoms with van der Waals surface area (Å²) in [5.41, 5.74) is 0.486. The van der Waals surface area contributed by atoms with Gasteiger partial charge in [-0.3, -0.25) is 0 Å². The van der Waals surface area contributed by atoms with Gasteiger partial charge in [-0.2, -0.15) is 0 Å². The molecule has 7 heteroatoms. The van der Waals surface area contributed by atoms with Gasteiger partial charge in [-0.05, 0) is 6.07 Å². The second-order valence-corrected chi connectivity index (χ2v) is 6.43. The van der Waals surface area contributed by atoms with Gasteiger partial charge in [0.15, 0.2) is 0 Å². The molecule has 84 valence electrons. The Kier molecular flexibility index (Phi) is 3.22. The van der Waals surface area contributed by atoms with Crippen molar-refractivity contribution in [2.24, 2.45) is 0 Å². The van der Waals surface area contributed by atoms with Crippen LogP contribution < -0.4 is 0 Å². The fraction of sp³-hybridized carbons (Fsp3) is 0.111. The van der Waals surface area contributed by atoms with Gasteiger partial charge in [0.25, 0.3) is 0 Å². The number of aromatic nitrogens is 2. The Morgan fingerprint density at radius 3 is 2.75 bits per heavy atom. The molecule has 16 heavy (non-hydrogen) atoms. The molecule has 0 saturated heterocycles. The largest absolute Gasteiger partial charge is 0.244 e. The molecule has 4 nitrogen and oxygen atoms in total. The van der Waals surface area contributed by atoms with Crippen molar-refractivity contribution in [2.45, 2.75) is 10.1 Å². The first-order chi connectivity index (χ1) is 7.59. The zero-order valence-corrected chi connectivity index (χ0v) is 10.4. The van der Waals surface area contributed by atoms with E-state index in [4.69, 9.17) is 11.6 Å². The van der Waals surface area contributed by atoms with Crippen LogP contribution in [0, 0.1) is 0 Å². The van der Waals surface area contributed by atoms with Crippen LogP contribution in [0.2, 0.25) is 5.15 Å². The Morgan fingerprint density at radius 1 is 1.31 bits per heavy atom. The van der Waals surface area contributed by atoms with Crippen LogP contribution in [-0.4, -0.2) is 18.4 Å². The van der Waals surface area contributed by atoms with E-state index >= 15 is 0 Å². The first-order valence-electron chi connectivity index (χ1n) is 4.31. The number of thiazole rings is 1. The van der Waals surface area contributed by atoms with E-state index in [-0.39, 0.29) is 15.2 Å². The molecule has 0 aliphatic carbocycles. The lowest BCUT2D eigenvalue weighted by molar-refractivity contribution is 0.594. The lowest BCUT2D eigenvalue weighted by Crippen LogP contribution is -2.05. The molecule has 0 fully saturated rings. The summed E-state index contributed by atoms with van der Waals surface area (Å²) in [7, 11) is -3.41. The van der Waals surface area contributed by atoms with Gasteiger partial charge in [-0.25, -0.2) is 18.4 Å². The fourth-order valence-electron chi connectivity index (χ4n) is 1.16. The number of sulfone groups is 1. The summed E-state index contributed by atoms with van der Waals surface area (Å²) in [5, 5.41) is 1.83. The Morgan fingerprint density at radius 2 is 2.12 bits per heavy atom. The lowest BCUT2D eigenvalue weighted by atomic mass is 10.3. The predicted molar refractivity (Wildman–Crippen MR) is 62.3 cm³/mol. The zero-order chi connectivity index (χ0) is 11.6. The molecule has 0 aliphatic rings. The van der Waals surface area contributed by atoms with Gasteiger partial charge >= 0.3 is 0 Å². The van der Waals surface area contributed by atoms with Crippen LogP contribution in [0.15, 0.2) is 34.2 Å². The number of hydrogen-bond donors (Lipinski definition) is 0. The van der Waals surface area contributed by atoms with E-state index in [1.807, 2.05) is 0 Å². The highest BCUT2D eigenvalue weighted by Crippen LogP contribution is 2.21. The highest BCUT2D eigenvalue weighted by atomic mass is 35.5. The van der Waals surface area contributed by atoms with Gasteiger partial charge in [0.05, 0.1) is 5.75 Å². The van der Waals surface area contributed by atoms with Crippen LogP contribution in [-0.2, 0) is 15.6 Å². The zero-order valence-electron chi connectivity index (χ0n) is 8.00. The molecular weight excluding hydrogens is 268 g/mol. The Labute approximate surface area is 102 Å². The minimum Gasteiger partial charge on any atom is -0.244 e. The summed E-state index contributed by atoms with van der Waals surface area (Å²) >= 11 is 6.89. The van der Waals surface area contributed by atoms with Crippen molar-refractivity contribution < 1.29 is 8.42 Å². The van der Waals surface area contributed by atoms with Gasteiger partial charge < -0.3 is 0 Å². The van der Waals surface area contributed by atoms with Crippen molar-refractivity contribution in [3.05, 3.63) is 40.6 Å². The number of hydrogen-bond acceptors (Lipinski definition) is 5. The van der Waals surface area contributed by atoms with Crippen LogP contribution >= 0.6 is 22.9 Å². The molecule has 0 atom stereocenters. The van der Waals surface area contributed by atoms with Crippen molar-refractivity contribution in [3.8, 4) is 0 Å². The topological polar surface area (TPSA) is 59.9 Å². The summed E-state index contributed by atoms with van der Waals surface area (Å²) in [6.07, 6.45) is 2.98. The highest BCUT2D eigenvalue weighted by molar-refractivity contribution is 7.92. The van der Waals surface area contributed by atoms with Crippen LogP contribution in [0.4, 0.5) is 0 Å². The lowest BCUT2D eigenvalue weighted by Gasteiger charge is -2.02. The van der Waals surface area contributed by atoms with Gasteiger partial charge in [-0.1, -0.05) is 17.7 Å². The Hall–Kier alpha value is -0.980. The number of halogens is 1. The van der Waals surface area contributed by atoms with Crippen LogP contribution in [0.5, 0.6) is 0 Å². The minimum atomic E-state index is -3.41. The van der Waals surface area contributed by atoms with Crippen LogP contribution in [0.1, 0.15) is 5.56 Å². The van der Waals surface area contributed by atoms with Crippen molar-refractivity contribution in [3.63, 3.8) is 0 Å². The molecule has 2 aromatic heterocycles. The molecule has 2 heterocycles. The molecule has 0 aliphatic heterocycles. The summed E-state index contributed by atoms with van der Waals surface area (Å²) in [5.74, 6) is -0.173. The van der Waals surface area contributed by atoms with E-state index in [1.165, 1.54) is 12.4 Å². The third-order valence-electron chi connectivity index (χ3n) is 1.86. The van der Waals surface area contributed by atoms with Crippen molar-refractivity contribution in [1.29, 1.82) is 0 Å². The van der Waals surface area contributed by atoms with Crippen molar-refractivity contribution in [1.82, 2.24) is 9.97 Å². The summed E-state index contributed by atoms with van der Waals surface area (Å²) < 4.78 is 23.9. The van der Waals surface area contributed by atoms with E-state index in [9.17, 15) is 8.42 Å². The predicted octanol–water partition coefficient (Wildman–Crippen LogP) is 2.17. The van der Waals surface area contributed by atoms with Gasteiger partial charge in [0.1, 0.15) is 5.15 Å². The first kappa shape index (κ1) is 11.5. The summed E-state index contributed by atoms with van der Waals surface area (Å²) in [6, 6.07) is 3.29. The standard InChI is InChI=1S/C9H7ClN2O2S2/c10-8-7(2-1-3-11-8)6-16(13,14)9-12-4-5-15-9/h1-5H,6H2. The molecule has 2 rings (SSSR count). The van der Waals surface area contributed by atoms with Crippen LogP contribution in [0.25, 0.3) is 0 Å². The van der Waals surface area contributed by atoms with Gasteiger partial charge in [0.2, 0.25) is 14.2 Å². The fourth-order valence-corrected chi connectivity index (χ4v) is 3.70. The number of nitrogens with zero attached hydrogens (tertiary/aromatic N) is 2. The molecule has 0 aromatic carbocycles. The summed E-state index contributed by atoms with van der Waals surface area (Å²) in [4.78, 5) is 7.61. The third-order valence-corrected chi connectivity index (χ3v) is 5.14. The SMILES string of the molecule is O=S(=O)(Cc1cccnc1Cl)c1nccs1. The number of pyridine rings is 1. The van der Waals surface area contributed by atoms with Gasteiger partial charge in [0, 0.05) is 23.3 Å². The summed E-state index contributed by atoms with van der Waals surface area (Å²) in [6.45, 7) is 0. The highest BCUT2D eigenvalue weighted by Gasteiger charge is 2.19. The molecule has 0 saturated carbocycles. The molecule has 0 amide bonds. The van der Waals surface area contributed by atoms with Crippen LogP contribution in [0.3, 0.4) is 0 Å².